The van der Waals surface area contributed by atoms with E-state index in [0.29, 0.717) is 5.56 Å². The molecular weight excluding hydrogens is 228 g/mol. The van der Waals surface area contributed by atoms with Crippen molar-refractivity contribution in [1.82, 2.24) is 0 Å². The average molecular weight is 238 g/mol. The average Bonchev–Trinajstić information content (AvgIpc) is 2.31. The molecule has 0 heterocycles. The number of carbonyl (C=O) groups excluding carboxylic acids is 2. The monoisotopic (exact) mass is 238 g/mol. The molecule has 1 rings (SSSR count). The van der Waals surface area contributed by atoms with Crippen molar-refractivity contribution in [2.45, 2.75) is 5.92 Å². The van der Waals surface area contributed by atoms with Crippen LogP contribution in [0.3, 0.4) is 0 Å². The highest BCUT2D eigenvalue weighted by Crippen LogP contribution is 2.18. The van der Waals surface area contributed by atoms with Crippen molar-refractivity contribution in [3.63, 3.8) is 0 Å². The minimum Gasteiger partial charge on any atom is -0.468 e. The van der Waals surface area contributed by atoms with Crippen LogP contribution in [0.1, 0.15) is 11.5 Å². The van der Waals surface area contributed by atoms with Gasteiger partial charge in [-0.25, -0.2) is 0 Å². The predicted octanol–water partition coefficient (Wildman–Crippen LogP) is 0.974. The Balaban J connectivity index is 2.97. The summed E-state index contributed by atoms with van der Waals surface area (Å²) in [5.74, 6) is -2.55. The van der Waals surface area contributed by atoms with Gasteiger partial charge in [0.25, 0.3) is 0 Å². The van der Waals surface area contributed by atoms with Crippen LogP contribution in [0.4, 0.5) is 0 Å². The summed E-state index contributed by atoms with van der Waals surface area (Å²) in [4.78, 5) is 23.0. The maximum Gasteiger partial charge on any atom is 0.325 e. The van der Waals surface area contributed by atoms with E-state index in [4.69, 9.17) is 0 Å². The molecule has 0 spiro atoms. The zero-order chi connectivity index (χ0) is 12.0. The third-order valence-electron chi connectivity index (χ3n) is 1.89. The summed E-state index contributed by atoms with van der Waals surface area (Å²) in [6.45, 7) is 0. The Morgan fingerprint density at radius 3 is 2.69 bits per heavy atom. The van der Waals surface area contributed by atoms with Gasteiger partial charge in [0.05, 0.1) is 7.11 Å². The molecule has 0 saturated carbocycles. The first-order chi connectivity index (χ1) is 7.70. The zero-order valence-electron chi connectivity index (χ0n) is 8.60. The number of ether oxygens (including phenoxy) is 2. The minimum atomic E-state index is -1.09. The van der Waals surface area contributed by atoms with Crippen LogP contribution < -0.4 is 0 Å². The molecule has 0 amide bonds. The summed E-state index contributed by atoms with van der Waals surface area (Å²) in [5.41, 5.74) is 0.456. The highest BCUT2D eigenvalue weighted by atomic mass is 32.1. The van der Waals surface area contributed by atoms with Gasteiger partial charge in [0.2, 0.25) is 0 Å². The fourth-order valence-electron chi connectivity index (χ4n) is 1.17. The first kappa shape index (κ1) is 12.4. The highest BCUT2D eigenvalue weighted by Gasteiger charge is 2.30. The third-order valence-corrected chi connectivity index (χ3v) is 2.02. The number of thiol groups is 1. The Bertz CT molecular complexity index is 364. The number of carbonyl (C=O) groups is 2. The summed E-state index contributed by atoms with van der Waals surface area (Å²) < 4.78 is 9.23. The lowest BCUT2D eigenvalue weighted by Crippen LogP contribution is -2.24. The van der Waals surface area contributed by atoms with Crippen molar-refractivity contribution >= 4 is 24.6 Å². The van der Waals surface area contributed by atoms with Gasteiger partial charge >= 0.3 is 11.9 Å². The molecule has 0 aliphatic rings. The topological polar surface area (TPSA) is 52.6 Å². The van der Waals surface area contributed by atoms with Crippen LogP contribution in [-0.4, -0.2) is 25.0 Å². The molecule has 0 N–H and O–H groups in total. The van der Waals surface area contributed by atoms with Gasteiger partial charge in [-0.3, -0.25) is 9.59 Å². The molecule has 1 aromatic rings. The van der Waals surface area contributed by atoms with Crippen molar-refractivity contribution in [3.8, 4) is 0 Å². The molecule has 0 aliphatic carbocycles. The van der Waals surface area contributed by atoms with Crippen LogP contribution in [0.25, 0.3) is 0 Å². The van der Waals surface area contributed by atoms with E-state index in [0.717, 1.165) is 0 Å². The van der Waals surface area contributed by atoms with Gasteiger partial charge in [0.1, 0.15) is 5.94 Å². The van der Waals surface area contributed by atoms with Crippen LogP contribution >= 0.6 is 12.6 Å². The molecule has 0 fully saturated rings. The van der Waals surface area contributed by atoms with Crippen molar-refractivity contribution in [2.24, 2.45) is 0 Å². The second kappa shape index (κ2) is 6.03. The van der Waals surface area contributed by atoms with Gasteiger partial charge in [0.15, 0.2) is 5.92 Å². The van der Waals surface area contributed by atoms with E-state index in [9.17, 15) is 9.59 Å². The molecule has 1 atom stereocenters. The Morgan fingerprint density at radius 2 is 2.19 bits per heavy atom. The summed E-state index contributed by atoms with van der Waals surface area (Å²) in [7, 11) is 1.21. The van der Waals surface area contributed by atoms with Gasteiger partial charge in [-0.1, -0.05) is 12.1 Å². The van der Waals surface area contributed by atoms with E-state index >= 15 is 0 Å². The highest BCUT2D eigenvalue weighted by molar-refractivity contribution is 7.80. The molecule has 0 radical (unpaired) electrons. The molecule has 0 aromatic heterocycles. The second-order valence-electron chi connectivity index (χ2n) is 2.81. The number of hydrogen-bond donors (Lipinski definition) is 1. The lowest BCUT2D eigenvalue weighted by molar-refractivity contribution is -0.154. The quantitative estimate of drug-likeness (QED) is 0.367. The smallest absolute Gasteiger partial charge is 0.325 e. The SMILES string of the molecule is COC(=O)C(C(=O)OCS)c1cc#ccc1. The van der Waals surface area contributed by atoms with Gasteiger partial charge in [-0.2, -0.15) is 0 Å². The molecule has 1 aromatic carbocycles. The fourth-order valence-corrected chi connectivity index (χ4v) is 1.30. The lowest BCUT2D eigenvalue weighted by Gasteiger charge is -2.12. The van der Waals surface area contributed by atoms with Gasteiger partial charge in [0, 0.05) is 0 Å². The first-order valence-corrected chi connectivity index (χ1v) is 5.07. The van der Waals surface area contributed by atoms with Crippen LogP contribution in [0.2, 0.25) is 0 Å². The third kappa shape index (κ3) is 2.91. The zero-order valence-corrected chi connectivity index (χ0v) is 9.49. The molecule has 0 saturated heterocycles. The van der Waals surface area contributed by atoms with Crippen LogP contribution in [0, 0.1) is 12.1 Å². The van der Waals surface area contributed by atoms with E-state index in [1.54, 1.807) is 12.1 Å². The summed E-state index contributed by atoms with van der Waals surface area (Å²) in [6, 6.07) is 9.95. The summed E-state index contributed by atoms with van der Waals surface area (Å²) >= 11 is 3.76. The normalized spacial score (nSPS) is 11.1. The maximum atomic E-state index is 11.5. The van der Waals surface area contributed by atoms with E-state index in [2.05, 4.69) is 34.2 Å². The molecule has 1 unspecified atom stereocenters. The second-order valence-corrected chi connectivity index (χ2v) is 3.07. The minimum absolute atomic E-state index is 0.0883. The number of rotatable bonds is 4. The Kier molecular flexibility index (Phi) is 4.67. The van der Waals surface area contributed by atoms with Crippen molar-refractivity contribution in [2.75, 3.05) is 13.0 Å². The molecule has 84 valence electrons. The Labute approximate surface area is 99.0 Å². The van der Waals surface area contributed by atoms with Crippen molar-refractivity contribution < 1.29 is 19.1 Å². The fraction of sp³-hybridized carbons (Fsp3) is 0.273. The van der Waals surface area contributed by atoms with Gasteiger partial charge < -0.3 is 9.47 Å². The molecule has 16 heavy (non-hydrogen) atoms. The van der Waals surface area contributed by atoms with E-state index in [-0.39, 0.29) is 5.94 Å². The predicted molar refractivity (Wildman–Crippen MR) is 58.8 cm³/mol. The maximum absolute atomic E-state index is 11.5. The van der Waals surface area contributed by atoms with Crippen LogP contribution in [0.5, 0.6) is 0 Å². The van der Waals surface area contributed by atoms with E-state index in [1.165, 1.54) is 13.2 Å². The van der Waals surface area contributed by atoms with Crippen molar-refractivity contribution in [3.05, 3.63) is 35.9 Å². The number of hydrogen-bond acceptors (Lipinski definition) is 5. The lowest BCUT2D eigenvalue weighted by atomic mass is 10.0. The van der Waals surface area contributed by atoms with Crippen molar-refractivity contribution in [1.29, 1.82) is 0 Å². The van der Waals surface area contributed by atoms with Crippen LogP contribution in [-0.2, 0) is 19.1 Å². The molecule has 0 aliphatic heterocycles. The molecule has 0 bridgehead atoms. The number of esters is 2. The van der Waals surface area contributed by atoms with E-state index < -0.39 is 17.9 Å². The summed E-state index contributed by atoms with van der Waals surface area (Å²) in [6.07, 6.45) is 0. The van der Waals surface area contributed by atoms with Crippen LogP contribution in [0.15, 0.2) is 18.2 Å². The van der Waals surface area contributed by atoms with Gasteiger partial charge in [-0.05, 0) is 23.8 Å². The molecule has 5 heteroatoms. The molecule has 4 nitrogen and oxygen atoms in total. The first-order valence-electron chi connectivity index (χ1n) is 4.43. The molecular formula is C11H10O4S. The number of methoxy groups -OCH3 is 1. The standard InChI is InChI=1S/C11H10O4S/c1-14-10(12)9(11(13)15-7-16)8-5-3-2-4-6-8/h3,5-6,9,16H,7H2,1H3. The summed E-state index contributed by atoms with van der Waals surface area (Å²) in [5, 5.41) is 0. The Hall–Kier alpha value is -1.67. The van der Waals surface area contributed by atoms with E-state index in [1.807, 2.05) is 0 Å². The van der Waals surface area contributed by atoms with Gasteiger partial charge in [-0.15, -0.1) is 12.6 Å². The Morgan fingerprint density at radius 1 is 1.44 bits per heavy atom. The largest absolute Gasteiger partial charge is 0.468 e.